The molecule has 3 nitrogen and oxygen atoms in total. The number of aromatic nitrogens is 2. The Kier molecular flexibility index (Phi) is 5.60. The van der Waals surface area contributed by atoms with E-state index in [0.29, 0.717) is 5.25 Å². The van der Waals surface area contributed by atoms with E-state index < -0.39 is 0 Å². The lowest BCUT2D eigenvalue weighted by Gasteiger charge is -2.20. The van der Waals surface area contributed by atoms with Gasteiger partial charge in [0.2, 0.25) is 0 Å². The van der Waals surface area contributed by atoms with Crippen LogP contribution in [0.1, 0.15) is 51.8 Å². The summed E-state index contributed by atoms with van der Waals surface area (Å²) >= 11 is 1.88. The predicted molar refractivity (Wildman–Crippen MR) is 79.8 cm³/mol. The van der Waals surface area contributed by atoms with E-state index in [4.69, 9.17) is 0 Å². The largest absolute Gasteiger partial charge is 0.306 e. The van der Waals surface area contributed by atoms with Gasteiger partial charge in [-0.1, -0.05) is 13.8 Å². The van der Waals surface area contributed by atoms with E-state index in [-0.39, 0.29) is 5.54 Å². The highest BCUT2D eigenvalue weighted by Crippen LogP contribution is 2.15. The summed E-state index contributed by atoms with van der Waals surface area (Å²) in [5.74, 6) is 1.83. The van der Waals surface area contributed by atoms with Gasteiger partial charge in [0, 0.05) is 17.8 Å². The molecule has 1 rings (SSSR count). The van der Waals surface area contributed by atoms with Crippen LogP contribution in [0.3, 0.4) is 0 Å². The van der Waals surface area contributed by atoms with Crippen LogP contribution in [0.25, 0.3) is 0 Å². The first-order chi connectivity index (χ1) is 8.26. The van der Waals surface area contributed by atoms with E-state index in [1.165, 1.54) is 0 Å². The van der Waals surface area contributed by atoms with E-state index >= 15 is 0 Å². The summed E-state index contributed by atoms with van der Waals surface area (Å²) in [5, 5.41) is 4.08. The number of hydrogen-bond donors (Lipinski definition) is 1. The highest BCUT2D eigenvalue weighted by atomic mass is 32.2. The van der Waals surface area contributed by atoms with Gasteiger partial charge < -0.3 is 5.32 Å². The van der Waals surface area contributed by atoms with Crippen LogP contribution in [0, 0.1) is 6.92 Å². The van der Waals surface area contributed by atoms with Crippen molar-refractivity contribution in [3.8, 4) is 0 Å². The number of aryl methyl sites for hydroxylation is 1. The second-order valence-electron chi connectivity index (χ2n) is 5.88. The summed E-state index contributed by atoms with van der Waals surface area (Å²) in [6.45, 7) is 13.7. The summed E-state index contributed by atoms with van der Waals surface area (Å²) in [4.78, 5) is 9.10. The Balaban J connectivity index is 2.68. The molecule has 0 radical (unpaired) electrons. The van der Waals surface area contributed by atoms with Crippen molar-refractivity contribution >= 4 is 11.8 Å². The fourth-order valence-electron chi connectivity index (χ4n) is 1.45. The molecule has 102 valence electrons. The molecule has 0 aliphatic carbocycles. The minimum Gasteiger partial charge on any atom is -0.306 e. The molecule has 0 unspecified atom stereocenters. The van der Waals surface area contributed by atoms with Gasteiger partial charge in [-0.05, 0) is 39.0 Å². The maximum Gasteiger partial charge on any atom is 0.138 e. The summed E-state index contributed by atoms with van der Waals surface area (Å²) in [5.41, 5.74) is 2.25. The van der Waals surface area contributed by atoms with E-state index in [1.54, 1.807) is 0 Å². The summed E-state index contributed by atoms with van der Waals surface area (Å²) in [6.07, 6.45) is 0. The number of thioether (sulfide) groups is 1. The predicted octanol–water partition coefficient (Wildman–Crippen LogP) is 3.31. The summed E-state index contributed by atoms with van der Waals surface area (Å²) in [7, 11) is 0. The minimum absolute atomic E-state index is 0.117. The lowest BCUT2D eigenvalue weighted by atomic mass is 10.1. The Morgan fingerprint density at radius 3 is 2.50 bits per heavy atom. The molecule has 4 heteroatoms. The first kappa shape index (κ1) is 15.4. The van der Waals surface area contributed by atoms with Gasteiger partial charge in [0.25, 0.3) is 0 Å². The SMILES string of the molecule is Cc1cc(CNC(C)(C)C)nc(CSC(C)C)n1. The number of nitrogens with zero attached hydrogens (tertiary/aromatic N) is 2. The second kappa shape index (κ2) is 6.53. The number of nitrogens with one attached hydrogen (secondary N) is 1. The van der Waals surface area contributed by atoms with Crippen molar-refractivity contribution in [2.45, 2.75) is 64.6 Å². The molecule has 0 saturated carbocycles. The zero-order valence-electron chi connectivity index (χ0n) is 12.4. The number of rotatable bonds is 5. The highest BCUT2D eigenvalue weighted by Gasteiger charge is 2.10. The standard InChI is InChI=1S/C14H25N3S/c1-10(2)18-9-13-16-11(3)7-12(17-13)8-15-14(4,5)6/h7,10,15H,8-9H2,1-6H3. The van der Waals surface area contributed by atoms with Gasteiger partial charge in [-0.2, -0.15) is 11.8 Å². The van der Waals surface area contributed by atoms with Gasteiger partial charge in [-0.3, -0.25) is 0 Å². The zero-order valence-corrected chi connectivity index (χ0v) is 13.2. The lowest BCUT2D eigenvalue weighted by Crippen LogP contribution is -2.35. The Hall–Kier alpha value is -0.610. The molecule has 0 spiro atoms. The van der Waals surface area contributed by atoms with Crippen LogP contribution in [0.2, 0.25) is 0 Å². The highest BCUT2D eigenvalue weighted by molar-refractivity contribution is 7.99. The van der Waals surface area contributed by atoms with Crippen molar-refractivity contribution in [1.82, 2.24) is 15.3 Å². The van der Waals surface area contributed by atoms with Gasteiger partial charge in [0.1, 0.15) is 5.82 Å². The molecule has 1 heterocycles. The van der Waals surface area contributed by atoms with Crippen molar-refractivity contribution in [3.05, 3.63) is 23.3 Å². The average Bonchev–Trinajstić information content (AvgIpc) is 2.22. The van der Waals surface area contributed by atoms with Crippen molar-refractivity contribution in [2.24, 2.45) is 0 Å². The molecule has 0 saturated heterocycles. The fourth-order valence-corrected chi connectivity index (χ4v) is 2.06. The molecule has 0 aliphatic rings. The minimum atomic E-state index is 0.117. The van der Waals surface area contributed by atoms with Crippen LogP contribution in [0.5, 0.6) is 0 Å². The van der Waals surface area contributed by atoms with Crippen molar-refractivity contribution in [3.63, 3.8) is 0 Å². The average molecular weight is 267 g/mol. The van der Waals surface area contributed by atoms with Crippen LogP contribution in [0.4, 0.5) is 0 Å². The van der Waals surface area contributed by atoms with Gasteiger partial charge in [0.15, 0.2) is 0 Å². The molecule has 0 fully saturated rings. The van der Waals surface area contributed by atoms with Crippen LogP contribution in [0.15, 0.2) is 6.07 Å². The summed E-state index contributed by atoms with van der Waals surface area (Å²) in [6, 6.07) is 2.06. The first-order valence-corrected chi connectivity index (χ1v) is 7.51. The molecule has 0 amide bonds. The Morgan fingerprint density at radius 1 is 1.28 bits per heavy atom. The van der Waals surface area contributed by atoms with Gasteiger partial charge >= 0.3 is 0 Å². The molecule has 1 aromatic heterocycles. The normalized spacial score (nSPS) is 12.2. The molecule has 18 heavy (non-hydrogen) atoms. The fraction of sp³-hybridized carbons (Fsp3) is 0.714. The van der Waals surface area contributed by atoms with Crippen molar-refractivity contribution in [1.29, 1.82) is 0 Å². The Morgan fingerprint density at radius 2 is 1.94 bits per heavy atom. The number of hydrogen-bond acceptors (Lipinski definition) is 4. The monoisotopic (exact) mass is 267 g/mol. The summed E-state index contributed by atoms with van der Waals surface area (Å²) < 4.78 is 0. The molecular weight excluding hydrogens is 242 g/mol. The van der Waals surface area contributed by atoms with E-state index in [2.05, 4.69) is 56.0 Å². The molecular formula is C14H25N3S. The van der Waals surface area contributed by atoms with Crippen LogP contribution >= 0.6 is 11.8 Å². The molecule has 1 aromatic rings. The van der Waals surface area contributed by atoms with E-state index in [0.717, 1.165) is 29.5 Å². The molecule has 0 aromatic carbocycles. The van der Waals surface area contributed by atoms with Crippen molar-refractivity contribution in [2.75, 3.05) is 0 Å². The Labute approximate surface area is 115 Å². The molecule has 0 aliphatic heterocycles. The zero-order chi connectivity index (χ0) is 13.8. The quantitative estimate of drug-likeness (QED) is 0.888. The first-order valence-electron chi connectivity index (χ1n) is 6.46. The third-order valence-corrected chi connectivity index (χ3v) is 3.39. The van der Waals surface area contributed by atoms with Gasteiger partial charge in [-0.15, -0.1) is 0 Å². The second-order valence-corrected chi connectivity index (χ2v) is 7.45. The van der Waals surface area contributed by atoms with E-state index in [9.17, 15) is 0 Å². The third-order valence-electron chi connectivity index (χ3n) is 2.30. The third kappa shape index (κ3) is 6.36. The lowest BCUT2D eigenvalue weighted by molar-refractivity contribution is 0.420. The van der Waals surface area contributed by atoms with Gasteiger partial charge in [-0.25, -0.2) is 9.97 Å². The van der Waals surface area contributed by atoms with Crippen LogP contribution in [-0.2, 0) is 12.3 Å². The maximum absolute atomic E-state index is 4.61. The molecule has 0 bridgehead atoms. The van der Waals surface area contributed by atoms with E-state index in [1.807, 2.05) is 18.7 Å². The van der Waals surface area contributed by atoms with Crippen LogP contribution in [-0.4, -0.2) is 20.8 Å². The van der Waals surface area contributed by atoms with Crippen molar-refractivity contribution < 1.29 is 0 Å². The van der Waals surface area contributed by atoms with Crippen LogP contribution < -0.4 is 5.32 Å². The molecule has 1 N–H and O–H groups in total. The van der Waals surface area contributed by atoms with Gasteiger partial charge in [0.05, 0.1) is 11.4 Å². The topological polar surface area (TPSA) is 37.8 Å². The molecule has 0 atom stereocenters. The smallest absolute Gasteiger partial charge is 0.138 e. The maximum atomic E-state index is 4.61. The Bertz CT molecular complexity index is 383.